The van der Waals surface area contributed by atoms with Crippen molar-refractivity contribution >= 4 is 33.3 Å². The second-order valence-electron chi connectivity index (χ2n) is 3.80. The van der Waals surface area contributed by atoms with E-state index < -0.39 is 4.92 Å². The van der Waals surface area contributed by atoms with Crippen molar-refractivity contribution in [3.8, 4) is 0 Å². The largest absolute Gasteiger partial charge is 0.335 e. The highest BCUT2D eigenvalue weighted by Gasteiger charge is 2.23. The van der Waals surface area contributed by atoms with Crippen molar-refractivity contribution in [1.29, 1.82) is 0 Å². The lowest BCUT2D eigenvalue weighted by atomic mass is 10.3. The molecule has 0 radical (unpaired) electrons. The van der Waals surface area contributed by atoms with Gasteiger partial charge in [0.15, 0.2) is 0 Å². The maximum Gasteiger partial charge on any atom is 0.319 e. The van der Waals surface area contributed by atoms with Gasteiger partial charge in [-0.2, -0.15) is 0 Å². The number of nitro benzene ring substituents is 1. The number of benzene rings is 1. The Kier molecular flexibility index (Phi) is 3.28. The Morgan fingerprint density at radius 1 is 1.47 bits per heavy atom. The lowest BCUT2D eigenvalue weighted by Gasteiger charge is -2.06. The zero-order chi connectivity index (χ0) is 12.4. The number of urea groups is 1. The van der Waals surface area contributed by atoms with Gasteiger partial charge in [-0.25, -0.2) is 4.79 Å². The van der Waals surface area contributed by atoms with E-state index in [0.717, 1.165) is 12.8 Å². The molecule has 1 aromatic carbocycles. The third-order valence-corrected chi connectivity index (χ3v) is 2.98. The minimum absolute atomic E-state index is 0.0748. The summed E-state index contributed by atoms with van der Waals surface area (Å²) in [5.41, 5.74) is 0.326. The maximum atomic E-state index is 11.4. The molecule has 1 aromatic rings. The molecular weight excluding hydrogens is 290 g/mol. The minimum Gasteiger partial charge on any atom is -0.335 e. The fourth-order valence-corrected chi connectivity index (χ4v) is 1.70. The van der Waals surface area contributed by atoms with E-state index in [1.807, 2.05) is 0 Å². The molecule has 0 unspecified atom stereocenters. The van der Waals surface area contributed by atoms with Crippen LogP contribution < -0.4 is 10.6 Å². The average Bonchev–Trinajstić information content (AvgIpc) is 3.04. The molecule has 1 aliphatic carbocycles. The summed E-state index contributed by atoms with van der Waals surface area (Å²) in [6, 6.07) is 4.37. The first-order valence-electron chi connectivity index (χ1n) is 5.08. The number of carbonyl (C=O) groups is 1. The molecule has 1 saturated carbocycles. The predicted molar refractivity (Wildman–Crippen MR) is 66.0 cm³/mol. The molecule has 2 rings (SSSR count). The Balaban J connectivity index is 2.07. The normalized spacial score (nSPS) is 14.2. The third-order valence-electron chi connectivity index (χ3n) is 2.31. The molecule has 1 aliphatic rings. The standard InChI is InChI=1S/C10H10BrN3O3/c11-8-4-3-7(5-9(8)14(16)17)13-10(15)12-6-1-2-6/h3-6H,1-2H2,(H2,12,13,15). The van der Waals surface area contributed by atoms with Gasteiger partial charge in [-0.1, -0.05) is 0 Å². The lowest BCUT2D eigenvalue weighted by Crippen LogP contribution is -2.30. The molecule has 7 heteroatoms. The predicted octanol–water partition coefficient (Wildman–Crippen LogP) is 2.64. The molecule has 0 aliphatic heterocycles. The summed E-state index contributed by atoms with van der Waals surface area (Å²) < 4.78 is 0.385. The van der Waals surface area contributed by atoms with Crippen LogP contribution in [-0.2, 0) is 0 Å². The van der Waals surface area contributed by atoms with Crippen LogP contribution in [0.2, 0.25) is 0 Å². The van der Waals surface area contributed by atoms with Gasteiger partial charge in [0, 0.05) is 17.8 Å². The highest BCUT2D eigenvalue weighted by molar-refractivity contribution is 9.10. The van der Waals surface area contributed by atoms with Crippen LogP contribution in [0.15, 0.2) is 22.7 Å². The number of nitrogens with one attached hydrogen (secondary N) is 2. The number of anilines is 1. The number of halogens is 1. The summed E-state index contributed by atoms with van der Waals surface area (Å²) in [4.78, 5) is 21.6. The second-order valence-corrected chi connectivity index (χ2v) is 4.65. The quantitative estimate of drug-likeness (QED) is 0.665. The average molecular weight is 300 g/mol. The van der Waals surface area contributed by atoms with E-state index in [2.05, 4.69) is 26.6 Å². The number of rotatable bonds is 3. The first-order chi connectivity index (χ1) is 8.06. The first-order valence-corrected chi connectivity index (χ1v) is 5.87. The zero-order valence-electron chi connectivity index (χ0n) is 8.77. The van der Waals surface area contributed by atoms with Gasteiger partial charge in [0.25, 0.3) is 5.69 Å². The molecule has 0 spiro atoms. The van der Waals surface area contributed by atoms with Crippen molar-refractivity contribution in [3.63, 3.8) is 0 Å². The van der Waals surface area contributed by atoms with E-state index in [1.165, 1.54) is 12.1 Å². The number of carbonyl (C=O) groups excluding carboxylic acids is 1. The van der Waals surface area contributed by atoms with Crippen molar-refractivity contribution in [3.05, 3.63) is 32.8 Å². The van der Waals surface area contributed by atoms with Crippen molar-refractivity contribution < 1.29 is 9.72 Å². The number of hydrogen-bond donors (Lipinski definition) is 2. The van der Waals surface area contributed by atoms with Crippen molar-refractivity contribution in [2.45, 2.75) is 18.9 Å². The van der Waals surface area contributed by atoms with Crippen molar-refractivity contribution in [2.24, 2.45) is 0 Å². The fourth-order valence-electron chi connectivity index (χ4n) is 1.31. The Labute approximate surface area is 106 Å². The number of nitrogens with zero attached hydrogens (tertiary/aromatic N) is 1. The van der Waals surface area contributed by atoms with Crippen LogP contribution in [0, 0.1) is 10.1 Å². The van der Waals surface area contributed by atoms with Gasteiger partial charge in [0.2, 0.25) is 0 Å². The summed E-state index contributed by atoms with van der Waals surface area (Å²) in [6.07, 6.45) is 1.99. The van der Waals surface area contributed by atoms with Crippen LogP contribution in [0.1, 0.15) is 12.8 Å². The van der Waals surface area contributed by atoms with Gasteiger partial charge in [-0.15, -0.1) is 0 Å². The van der Waals surface area contributed by atoms with Crippen LogP contribution in [0.5, 0.6) is 0 Å². The monoisotopic (exact) mass is 299 g/mol. The summed E-state index contributed by atoms with van der Waals surface area (Å²) in [7, 11) is 0. The van der Waals surface area contributed by atoms with Crippen LogP contribution in [0.25, 0.3) is 0 Å². The minimum atomic E-state index is -0.506. The third kappa shape index (κ3) is 3.16. The van der Waals surface area contributed by atoms with Crippen LogP contribution in [0.4, 0.5) is 16.2 Å². The summed E-state index contributed by atoms with van der Waals surface area (Å²) in [5, 5.41) is 16.0. The van der Waals surface area contributed by atoms with E-state index in [4.69, 9.17) is 0 Å². The summed E-state index contributed by atoms with van der Waals surface area (Å²) >= 11 is 3.08. The molecule has 90 valence electrons. The molecule has 0 atom stereocenters. The highest BCUT2D eigenvalue weighted by atomic mass is 79.9. The van der Waals surface area contributed by atoms with Gasteiger partial charge in [-0.3, -0.25) is 10.1 Å². The fraction of sp³-hybridized carbons (Fsp3) is 0.300. The van der Waals surface area contributed by atoms with Gasteiger partial charge in [-0.05, 0) is 40.9 Å². The van der Waals surface area contributed by atoms with E-state index in [1.54, 1.807) is 6.07 Å². The number of nitro groups is 1. The second kappa shape index (κ2) is 4.70. The summed E-state index contributed by atoms with van der Waals surface area (Å²) in [5.74, 6) is 0. The first kappa shape index (κ1) is 11.8. The SMILES string of the molecule is O=C(Nc1ccc(Br)c([N+](=O)[O-])c1)NC1CC1. The van der Waals surface area contributed by atoms with Gasteiger partial charge >= 0.3 is 6.03 Å². The van der Waals surface area contributed by atoms with Gasteiger partial charge < -0.3 is 10.6 Å². The maximum absolute atomic E-state index is 11.4. The molecule has 2 amide bonds. The van der Waals surface area contributed by atoms with Crippen LogP contribution in [0.3, 0.4) is 0 Å². The lowest BCUT2D eigenvalue weighted by molar-refractivity contribution is -0.385. The number of hydrogen-bond acceptors (Lipinski definition) is 3. The van der Waals surface area contributed by atoms with Gasteiger partial charge in [0.1, 0.15) is 0 Å². The van der Waals surface area contributed by atoms with E-state index in [0.29, 0.717) is 10.2 Å². The zero-order valence-corrected chi connectivity index (χ0v) is 10.4. The van der Waals surface area contributed by atoms with E-state index in [-0.39, 0.29) is 17.8 Å². The van der Waals surface area contributed by atoms with Crippen molar-refractivity contribution in [1.82, 2.24) is 5.32 Å². The van der Waals surface area contributed by atoms with E-state index >= 15 is 0 Å². The number of amides is 2. The van der Waals surface area contributed by atoms with Crippen LogP contribution >= 0.6 is 15.9 Å². The summed E-state index contributed by atoms with van der Waals surface area (Å²) in [6.45, 7) is 0. The Hall–Kier alpha value is -1.63. The molecule has 2 N–H and O–H groups in total. The highest BCUT2D eigenvalue weighted by Crippen LogP contribution is 2.27. The molecule has 17 heavy (non-hydrogen) atoms. The topological polar surface area (TPSA) is 84.3 Å². The Morgan fingerprint density at radius 3 is 2.76 bits per heavy atom. The molecule has 0 aromatic heterocycles. The smallest absolute Gasteiger partial charge is 0.319 e. The molecular formula is C10H10BrN3O3. The molecule has 0 saturated heterocycles. The molecule has 0 heterocycles. The Bertz CT molecular complexity index is 474. The van der Waals surface area contributed by atoms with Crippen molar-refractivity contribution in [2.75, 3.05) is 5.32 Å². The molecule has 6 nitrogen and oxygen atoms in total. The van der Waals surface area contributed by atoms with Crippen LogP contribution in [-0.4, -0.2) is 17.0 Å². The van der Waals surface area contributed by atoms with E-state index in [9.17, 15) is 14.9 Å². The Morgan fingerprint density at radius 2 is 2.18 bits per heavy atom. The molecule has 1 fully saturated rings. The van der Waals surface area contributed by atoms with Gasteiger partial charge in [0.05, 0.1) is 9.40 Å². The molecule has 0 bridgehead atoms.